The first kappa shape index (κ1) is 30.6. The molecule has 2 unspecified atom stereocenters. The highest BCUT2D eigenvalue weighted by Gasteiger charge is 2.35. The second kappa shape index (κ2) is 12.7. The van der Waals surface area contributed by atoms with Crippen LogP contribution in [0, 0.1) is 0 Å². The minimum absolute atomic E-state index is 0.0255. The number of nitrogens with one attached hydrogen (secondary N) is 1. The quantitative estimate of drug-likeness (QED) is 0.305. The zero-order chi connectivity index (χ0) is 29.8. The standard InChI is InChI=1S/C31H35F3N2O4S/c1-4-41(38,39)29-15-5-22(6-16-29)18-35-30(37)24-9-13-27(14-10-24)36-19-25(17-28(36)20-40-21(2)3)23-7-11-26(12-8-23)31(32,33)34/h5-16,21,25,28H,4,17-20H2,1-3H3,(H,35,37). The van der Waals surface area contributed by atoms with Gasteiger partial charge in [0.1, 0.15) is 0 Å². The lowest BCUT2D eigenvalue weighted by Gasteiger charge is -2.27. The number of anilines is 1. The van der Waals surface area contributed by atoms with Gasteiger partial charge in [-0.25, -0.2) is 8.42 Å². The fourth-order valence-corrected chi connectivity index (χ4v) is 5.83. The summed E-state index contributed by atoms with van der Waals surface area (Å²) in [6, 6.07) is 19.1. The second-order valence-electron chi connectivity index (χ2n) is 10.5. The maximum absolute atomic E-state index is 13.0. The molecule has 0 aliphatic carbocycles. The maximum atomic E-state index is 13.0. The van der Waals surface area contributed by atoms with Crippen LogP contribution in [0.4, 0.5) is 18.9 Å². The number of halogens is 3. The Balaban J connectivity index is 1.42. The summed E-state index contributed by atoms with van der Waals surface area (Å²) in [5, 5.41) is 2.86. The maximum Gasteiger partial charge on any atom is 0.416 e. The number of rotatable bonds is 10. The van der Waals surface area contributed by atoms with Crippen molar-refractivity contribution < 1.29 is 31.1 Å². The van der Waals surface area contributed by atoms with Crippen molar-refractivity contribution in [3.63, 3.8) is 0 Å². The first-order chi connectivity index (χ1) is 19.4. The molecule has 1 N–H and O–H groups in total. The molecule has 0 aromatic heterocycles. The molecule has 1 saturated heterocycles. The molecule has 220 valence electrons. The molecule has 1 amide bonds. The molecule has 4 rings (SSSR count). The molecule has 0 saturated carbocycles. The van der Waals surface area contributed by atoms with Gasteiger partial charge in [0.2, 0.25) is 0 Å². The SMILES string of the molecule is CCS(=O)(=O)c1ccc(CNC(=O)c2ccc(N3CC(c4ccc(C(F)(F)F)cc4)CC3COC(C)C)cc2)cc1. The van der Waals surface area contributed by atoms with E-state index in [1.807, 2.05) is 26.0 Å². The number of hydrogen-bond acceptors (Lipinski definition) is 5. The van der Waals surface area contributed by atoms with Gasteiger partial charge in [0.25, 0.3) is 5.91 Å². The van der Waals surface area contributed by atoms with Crippen molar-refractivity contribution in [2.24, 2.45) is 0 Å². The van der Waals surface area contributed by atoms with Gasteiger partial charge in [-0.05, 0) is 79.9 Å². The molecule has 0 spiro atoms. The summed E-state index contributed by atoms with van der Waals surface area (Å²) in [7, 11) is -3.28. The predicted molar refractivity (Wildman–Crippen MR) is 153 cm³/mol. The van der Waals surface area contributed by atoms with Crippen LogP contribution in [0.3, 0.4) is 0 Å². The first-order valence-corrected chi connectivity index (χ1v) is 15.3. The van der Waals surface area contributed by atoms with E-state index in [-0.39, 0.29) is 41.2 Å². The zero-order valence-corrected chi connectivity index (χ0v) is 24.1. The summed E-state index contributed by atoms with van der Waals surface area (Å²) >= 11 is 0. The Labute approximate surface area is 239 Å². The van der Waals surface area contributed by atoms with E-state index in [1.165, 1.54) is 0 Å². The molecule has 3 aromatic carbocycles. The van der Waals surface area contributed by atoms with Gasteiger partial charge in [0, 0.05) is 30.3 Å². The van der Waals surface area contributed by atoms with Gasteiger partial charge in [0.05, 0.1) is 35.0 Å². The highest BCUT2D eigenvalue weighted by atomic mass is 32.2. The highest BCUT2D eigenvalue weighted by molar-refractivity contribution is 7.91. The van der Waals surface area contributed by atoms with Gasteiger partial charge >= 0.3 is 6.18 Å². The van der Waals surface area contributed by atoms with Crippen molar-refractivity contribution >= 4 is 21.4 Å². The number of alkyl halides is 3. The van der Waals surface area contributed by atoms with Crippen LogP contribution in [0.1, 0.15) is 60.2 Å². The molecular formula is C31H35F3N2O4S. The minimum Gasteiger partial charge on any atom is -0.377 e. The topological polar surface area (TPSA) is 75.7 Å². The monoisotopic (exact) mass is 588 g/mol. The van der Waals surface area contributed by atoms with Crippen LogP contribution in [-0.2, 0) is 27.3 Å². The molecule has 1 aliphatic heterocycles. The molecule has 10 heteroatoms. The second-order valence-corrected chi connectivity index (χ2v) is 12.8. The van der Waals surface area contributed by atoms with Crippen LogP contribution < -0.4 is 10.2 Å². The van der Waals surface area contributed by atoms with Gasteiger partial charge in [-0.1, -0.05) is 31.2 Å². The van der Waals surface area contributed by atoms with E-state index in [0.29, 0.717) is 18.7 Å². The van der Waals surface area contributed by atoms with Gasteiger partial charge in [0.15, 0.2) is 9.84 Å². The third-order valence-electron chi connectivity index (χ3n) is 7.32. The molecular weight excluding hydrogens is 553 g/mol. The first-order valence-electron chi connectivity index (χ1n) is 13.6. The van der Waals surface area contributed by atoms with Crippen LogP contribution in [0.5, 0.6) is 0 Å². The van der Waals surface area contributed by atoms with E-state index in [4.69, 9.17) is 4.74 Å². The molecule has 1 fully saturated rings. The Bertz CT molecular complexity index is 1420. The Morgan fingerprint density at radius 2 is 1.63 bits per heavy atom. The van der Waals surface area contributed by atoms with Crippen LogP contribution in [0.25, 0.3) is 0 Å². The average Bonchev–Trinajstić information content (AvgIpc) is 3.39. The summed E-state index contributed by atoms with van der Waals surface area (Å²) < 4.78 is 69.0. The Morgan fingerprint density at radius 3 is 2.20 bits per heavy atom. The molecule has 1 aliphatic rings. The average molecular weight is 589 g/mol. The summed E-state index contributed by atoms with van der Waals surface area (Å²) in [6.07, 6.45) is -3.59. The smallest absolute Gasteiger partial charge is 0.377 e. The number of sulfone groups is 1. The highest BCUT2D eigenvalue weighted by Crippen LogP contribution is 2.37. The fourth-order valence-electron chi connectivity index (χ4n) is 4.95. The zero-order valence-electron chi connectivity index (χ0n) is 23.3. The number of carbonyl (C=O) groups excluding carboxylic acids is 1. The van der Waals surface area contributed by atoms with Gasteiger partial charge in [-0.2, -0.15) is 13.2 Å². The number of carbonyl (C=O) groups is 1. The summed E-state index contributed by atoms with van der Waals surface area (Å²) in [4.78, 5) is 15.2. The van der Waals surface area contributed by atoms with Crippen LogP contribution in [-0.4, -0.2) is 45.4 Å². The third-order valence-corrected chi connectivity index (χ3v) is 9.07. The lowest BCUT2D eigenvalue weighted by atomic mass is 9.95. The molecule has 2 atom stereocenters. The van der Waals surface area contributed by atoms with Crippen LogP contribution in [0.15, 0.2) is 77.7 Å². The van der Waals surface area contributed by atoms with Crippen molar-refractivity contribution in [3.05, 3.63) is 95.1 Å². The Morgan fingerprint density at radius 1 is 1.00 bits per heavy atom. The van der Waals surface area contributed by atoms with E-state index < -0.39 is 21.6 Å². The minimum atomic E-state index is -4.37. The van der Waals surface area contributed by atoms with Crippen LogP contribution in [0.2, 0.25) is 0 Å². The Hall–Kier alpha value is -3.37. The van der Waals surface area contributed by atoms with E-state index in [0.717, 1.165) is 35.4 Å². The summed E-state index contributed by atoms with van der Waals surface area (Å²) in [6.45, 7) is 6.86. The van der Waals surface area contributed by atoms with Crippen LogP contribution >= 0.6 is 0 Å². The van der Waals surface area contributed by atoms with E-state index in [1.54, 1.807) is 55.5 Å². The van der Waals surface area contributed by atoms with Gasteiger partial charge < -0.3 is 15.0 Å². The van der Waals surface area contributed by atoms with Crippen molar-refractivity contribution in [2.45, 2.75) is 62.9 Å². The van der Waals surface area contributed by atoms with E-state index in [9.17, 15) is 26.4 Å². The molecule has 0 bridgehead atoms. The van der Waals surface area contributed by atoms with Crippen molar-refractivity contribution in [1.29, 1.82) is 0 Å². The number of benzene rings is 3. The molecule has 0 radical (unpaired) electrons. The van der Waals surface area contributed by atoms with Gasteiger partial charge in [-0.15, -0.1) is 0 Å². The van der Waals surface area contributed by atoms with Crippen molar-refractivity contribution in [3.8, 4) is 0 Å². The normalized spacial score (nSPS) is 17.7. The summed E-state index contributed by atoms with van der Waals surface area (Å²) in [5.74, 6) is -0.192. The molecule has 41 heavy (non-hydrogen) atoms. The number of nitrogens with zero attached hydrogens (tertiary/aromatic N) is 1. The summed E-state index contributed by atoms with van der Waals surface area (Å²) in [5.41, 5.74) is 2.36. The van der Waals surface area contributed by atoms with E-state index in [2.05, 4.69) is 10.2 Å². The molecule has 3 aromatic rings. The number of hydrogen-bond donors (Lipinski definition) is 1. The predicted octanol–water partition coefficient (Wildman–Crippen LogP) is 6.22. The van der Waals surface area contributed by atoms with E-state index >= 15 is 0 Å². The Kier molecular flexibility index (Phi) is 9.44. The van der Waals surface area contributed by atoms with Crippen molar-refractivity contribution in [1.82, 2.24) is 5.32 Å². The number of ether oxygens (including phenoxy) is 1. The molecule has 1 heterocycles. The lowest BCUT2D eigenvalue weighted by Crippen LogP contribution is -2.34. The third kappa shape index (κ3) is 7.68. The fraction of sp³-hybridized carbons (Fsp3) is 0.387. The molecule has 6 nitrogen and oxygen atoms in total. The van der Waals surface area contributed by atoms with Gasteiger partial charge in [-0.3, -0.25) is 4.79 Å². The number of amides is 1. The largest absolute Gasteiger partial charge is 0.416 e. The van der Waals surface area contributed by atoms with Crippen molar-refractivity contribution in [2.75, 3.05) is 23.8 Å². The lowest BCUT2D eigenvalue weighted by molar-refractivity contribution is -0.137.